The van der Waals surface area contributed by atoms with Crippen molar-refractivity contribution in [1.82, 2.24) is 0 Å². The molecular weight excluding hydrogens is 270 g/mol. The standard InChI is InChI=1S/C10H7BrF2O2/c1-5(15)6-2-3-7(10(12)13)8(4-14)9(6)11/h2-4,10H,1H3. The van der Waals surface area contributed by atoms with Crippen molar-refractivity contribution in [2.24, 2.45) is 0 Å². The Labute approximate surface area is 93.4 Å². The summed E-state index contributed by atoms with van der Waals surface area (Å²) < 4.78 is 25.1. The van der Waals surface area contributed by atoms with E-state index < -0.39 is 6.43 Å². The molecule has 0 radical (unpaired) electrons. The minimum atomic E-state index is -2.73. The number of Topliss-reactive ketones (excluding diaryl/α,β-unsaturated/α-hetero) is 1. The van der Waals surface area contributed by atoms with E-state index >= 15 is 0 Å². The Balaban J connectivity index is 3.45. The summed E-state index contributed by atoms with van der Waals surface area (Å²) in [4.78, 5) is 21.7. The van der Waals surface area contributed by atoms with Crippen LogP contribution in [0.1, 0.15) is 39.6 Å². The van der Waals surface area contributed by atoms with Crippen molar-refractivity contribution >= 4 is 28.0 Å². The Hall–Kier alpha value is -1.10. The highest BCUT2D eigenvalue weighted by atomic mass is 79.9. The van der Waals surface area contributed by atoms with Crippen LogP contribution < -0.4 is 0 Å². The molecule has 0 saturated heterocycles. The molecule has 1 rings (SSSR count). The van der Waals surface area contributed by atoms with Crippen molar-refractivity contribution in [3.05, 3.63) is 33.3 Å². The first kappa shape index (κ1) is 12.0. The molecule has 0 aromatic heterocycles. The fourth-order valence-corrected chi connectivity index (χ4v) is 1.92. The van der Waals surface area contributed by atoms with Gasteiger partial charge in [-0.25, -0.2) is 8.78 Å². The lowest BCUT2D eigenvalue weighted by Gasteiger charge is -2.08. The SMILES string of the molecule is CC(=O)c1ccc(C(F)F)c(C=O)c1Br. The van der Waals surface area contributed by atoms with Gasteiger partial charge in [0.25, 0.3) is 6.43 Å². The van der Waals surface area contributed by atoms with E-state index in [1.807, 2.05) is 0 Å². The van der Waals surface area contributed by atoms with Gasteiger partial charge in [-0.1, -0.05) is 6.07 Å². The van der Waals surface area contributed by atoms with Crippen LogP contribution in [0, 0.1) is 0 Å². The summed E-state index contributed by atoms with van der Waals surface area (Å²) in [5.74, 6) is -0.286. The van der Waals surface area contributed by atoms with Gasteiger partial charge in [0.15, 0.2) is 12.1 Å². The summed E-state index contributed by atoms with van der Waals surface area (Å²) in [6.07, 6.45) is -2.42. The fourth-order valence-electron chi connectivity index (χ4n) is 1.19. The lowest BCUT2D eigenvalue weighted by Crippen LogP contribution is -2.01. The zero-order chi connectivity index (χ0) is 11.6. The molecule has 2 nitrogen and oxygen atoms in total. The second-order valence-corrected chi connectivity index (χ2v) is 3.70. The van der Waals surface area contributed by atoms with Gasteiger partial charge in [-0.3, -0.25) is 9.59 Å². The van der Waals surface area contributed by atoms with E-state index in [0.29, 0.717) is 6.29 Å². The minimum Gasteiger partial charge on any atom is -0.298 e. The molecule has 1 aromatic carbocycles. The minimum absolute atomic E-state index is 0.128. The molecule has 0 aliphatic rings. The lowest BCUT2D eigenvalue weighted by molar-refractivity contribution is 0.101. The molecule has 15 heavy (non-hydrogen) atoms. The second-order valence-electron chi connectivity index (χ2n) is 2.90. The van der Waals surface area contributed by atoms with E-state index in [0.717, 1.165) is 6.07 Å². The summed E-state index contributed by atoms with van der Waals surface area (Å²) in [7, 11) is 0. The summed E-state index contributed by atoms with van der Waals surface area (Å²) in [6, 6.07) is 2.37. The summed E-state index contributed by atoms with van der Waals surface area (Å²) in [5, 5.41) is 0. The maximum atomic E-state index is 12.5. The third kappa shape index (κ3) is 2.28. The number of hydrogen-bond acceptors (Lipinski definition) is 2. The number of rotatable bonds is 3. The maximum absolute atomic E-state index is 12.5. The maximum Gasteiger partial charge on any atom is 0.264 e. The van der Waals surface area contributed by atoms with Crippen LogP contribution in [-0.2, 0) is 0 Å². The molecule has 1 aromatic rings. The predicted molar refractivity (Wildman–Crippen MR) is 54.5 cm³/mol. The predicted octanol–water partition coefficient (Wildman–Crippen LogP) is 3.40. The first-order valence-electron chi connectivity index (χ1n) is 4.05. The van der Waals surface area contributed by atoms with Crippen molar-refractivity contribution in [2.75, 3.05) is 0 Å². The van der Waals surface area contributed by atoms with E-state index in [-0.39, 0.29) is 26.9 Å². The first-order valence-corrected chi connectivity index (χ1v) is 4.85. The number of alkyl halides is 2. The Kier molecular flexibility index (Phi) is 3.68. The third-order valence-electron chi connectivity index (χ3n) is 1.95. The molecule has 0 aliphatic carbocycles. The second kappa shape index (κ2) is 4.61. The molecule has 0 aliphatic heterocycles. The molecule has 0 bridgehead atoms. The fraction of sp³-hybridized carbons (Fsp3) is 0.200. The van der Waals surface area contributed by atoms with Crippen LogP contribution >= 0.6 is 15.9 Å². The van der Waals surface area contributed by atoms with Crippen LogP contribution in [0.3, 0.4) is 0 Å². The average molecular weight is 277 g/mol. The molecular formula is C10H7BrF2O2. The zero-order valence-electron chi connectivity index (χ0n) is 7.76. The van der Waals surface area contributed by atoms with Crippen LogP contribution in [0.4, 0.5) is 8.78 Å². The number of ketones is 1. The van der Waals surface area contributed by atoms with Gasteiger partial charge in [0.2, 0.25) is 0 Å². The number of hydrogen-bond donors (Lipinski definition) is 0. The van der Waals surface area contributed by atoms with Crippen LogP contribution in [0.25, 0.3) is 0 Å². The van der Waals surface area contributed by atoms with Crippen molar-refractivity contribution < 1.29 is 18.4 Å². The molecule has 5 heteroatoms. The van der Waals surface area contributed by atoms with Gasteiger partial charge in [-0.15, -0.1) is 0 Å². The van der Waals surface area contributed by atoms with E-state index in [2.05, 4.69) is 15.9 Å². The Morgan fingerprint density at radius 1 is 1.47 bits per heavy atom. The quantitative estimate of drug-likeness (QED) is 0.626. The van der Waals surface area contributed by atoms with Crippen molar-refractivity contribution in [3.63, 3.8) is 0 Å². The number of benzene rings is 1. The summed E-state index contributed by atoms with van der Waals surface area (Å²) in [6.45, 7) is 1.30. The molecule has 0 spiro atoms. The normalized spacial score (nSPS) is 10.5. The topological polar surface area (TPSA) is 34.1 Å². The van der Waals surface area contributed by atoms with Gasteiger partial charge >= 0.3 is 0 Å². The van der Waals surface area contributed by atoms with Crippen LogP contribution in [0.5, 0.6) is 0 Å². The van der Waals surface area contributed by atoms with E-state index in [4.69, 9.17) is 0 Å². The van der Waals surface area contributed by atoms with Crippen molar-refractivity contribution in [2.45, 2.75) is 13.3 Å². The van der Waals surface area contributed by atoms with Gasteiger partial charge in [-0.05, 0) is 28.9 Å². The number of aldehydes is 1. The van der Waals surface area contributed by atoms with E-state index in [9.17, 15) is 18.4 Å². The first-order chi connectivity index (χ1) is 6.99. The van der Waals surface area contributed by atoms with E-state index in [1.54, 1.807) is 0 Å². The average Bonchev–Trinajstić information content (AvgIpc) is 2.16. The highest BCUT2D eigenvalue weighted by Gasteiger charge is 2.18. The third-order valence-corrected chi connectivity index (χ3v) is 2.80. The molecule has 0 fully saturated rings. The molecule has 0 saturated carbocycles. The van der Waals surface area contributed by atoms with Crippen molar-refractivity contribution in [3.8, 4) is 0 Å². The largest absolute Gasteiger partial charge is 0.298 e. The lowest BCUT2D eigenvalue weighted by atomic mass is 10.0. The van der Waals surface area contributed by atoms with Crippen LogP contribution in [-0.4, -0.2) is 12.1 Å². The van der Waals surface area contributed by atoms with E-state index in [1.165, 1.54) is 13.0 Å². The van der Waals surface area contributed by atoms with Gasteiger partial charge in [0.05, 0.1) is 0 Å². The van der Waals surface area contributed by atoms with Gasteiger partial charge in [-0.2, -0.15) is 0 Å². The van der Waals surface area contributed by atoms with Gasteiger partial charge in [0, 0.05) is 21.2 Å². The number of halogens is 3. The number of carbonyl (C=O) groups is 2. The molecule has 0 heterocycles. The van der Waals surface area contributed by atoms with Crippen LogP contribution in [0.2, 0.25) is 0 Å². The van der Waals surface area contributed by atoms with Crippen molar-refractivity contribution in [1.29, 1.82) is 0 Å². The van der Waals surface area contributed by atoms with Gasteiger partial charge < -0.3 is 0 Å². The van der Waals surface area contributed by atoms with Crippen LogP contribution in [0.15, 0.2) is 16.6 Å². The Bertz CT molecular complexity index is 416. The Morgan fingerprint density at radius 2 is 2.07 bits per heavy atom. The molecule has 0 unspecified atom stereocenters. The molecule has 80 valence electrons. The molecule has 0 atom stereocenters. The summed E-state index contributed by atoms with van der Waals surface area (Å²) >= 11 is 2.98. The highest BCUT2D eigenvalue weighted by Crippen LogP contribution is 2.30. The smallest absolute Gasteiger partial charge is 0.264 e. The van der Waals surface area contributed by atoms with Gasteiger partial charge in [0.1, 0.15) is 0 Å². The molecule has 0 amide bonds. The zero-order valence-corrected chi connectivity index (χ0v) is 9.35. The molecule has 0 N–H and O–H groups in total. The number of carbonyl (C=O) groups excluding carboxylic acids is 2. The summed E-state index contributed by atoms with van der Waals surface area (Å²) in [5.41, 5.74) is -0.318. The monoisotopic (exact) mass is 276 g/mol. The Morgan fingerprint density at radius 3 is 2.47 bits per heavy atom. The highest BCUT2D eigenvalue weighted by molar-refractivity contribution is 9.10.